The predicted octanol–water partition coefficient (Wildman–Crippen LogP) is 1.46. The minimum absolute atomic E-state index is 0.00532. The Morgan fingerprint density at radius 3 is 2.04 bits per heavy atom. The zero-order valence-electron chi connectivity index (χ0n) is 14.4. The number of amides is 2. The Kier molecular flexibility index (Phi) is 5.36. The van der Waals surface area contributed by atoms with Crippen LogP contribution in [0.4, 0.5) is 11.4 Å². The summed E-state index contributed by atoms with van der Waals surface area (Å²) in [4.78, 5) is 24.2. The molecule has 3 aromatic rings. The lowest BCUT2D eigenvalue weighted by atomic mass is 10.3. The van der Waals surface area contributed by atoms with Gasteiger partial charge < -0.3 is 20.8 Å². The number of para-hydroxylation sites is 4. The summed E-state index contributed by atoms with van der Waals surface area (Å²) < 4.78 is 3.23. The Morgan fingerprint density at radius 2 is 1.44 bits per heavy atom. The van der Waals surface area contributed by atoms with Crippen molar-refractivity contribution in [2.45, 2.75) is 13.1 Å². The zero-order chi connectivity index (χ0) is 19.2. The lowest BCUT2D eigenvalue weighted by Gasteiger charge is -2.05. The first kappa shape index (κ1) is 18.0. The van der Waals surface area contributed by atoms with Crippen LogP contribution in [0.2, 0.25) is 0 Å². The van der Waals surface area contributed by atoms with E-state index in [0.29, 0.717) is 11.4 Å². The largest absolute Gasteiger partial charge is 0.506 e. The maximum atomic E-state index is 12.1. The molecule has 0 radical (unpaired) electrons. The lowest BCUT2D eigenvalue weighted by molar-refractivity contribution is -0.683. The van der Waals surface area contributed by atoms with Crippen molar-refractivity contribution >= 4 is 23.2 Å². The fourth-order valence-corrected chi connectivity index (χ4v) is 2.50. The number of phenolic OH excluding ortho intramolecular Hbond substituents is 2. The first-order valence-corrected chi connectivity index (χ1v) is 8.22. The minimum atomic E-state index is -0.307. The Labute approximate surface area is 155 Å². The Morgan fingerprint density at radius 1 is 0.889 bits per heavy atom. The summed E-state index contributed by atoms with van der Waals surface area (Å²) in [6.07, 6.45) is 4.95. The van der Waals surface area contributed by atoms with E-state index in [4.69, 9.17) is 0 Å². The van der Waals surface area contributed by atoms with E-state index in [0.717, 1.165) is 0 Å². The summed E-state index contributed by atoms with van der Waals surface area (Å²) in [7, 11) is 0. The Bertz CT molecular complexity index is 892. The van der Waals surface area contributed by atoms with Crippen LogP contribution in [0.1, 0.15) is 0 Å². The number of nitrogens with zero attached hydrogens (tertiary/aromatic N) is 2. The molecule has 0 saturated heterocycles. The van der Waals surface area contributed by atoms with Crippen molar-refractivity contribution in [2.75, 3.05) is 10.6 Å². The molecule has 1 aromatic heterocycles. The molecule has 4 N–H and O–H groups in total. The summed E-state index contributed by atoms with van der Waals surface area (Å²) in [5, 5.41) is 24.6. The number of benzene rings is 2. The molecule has 3 rings (SSSR count). The van der Waals surface area contributed by atoms with Gasteiger partial charge in [-0.05, 0) is 24.3 Å². The highest BCUT2D eigenvalue weighted by atomic mass is 16.3. The summed E-state index contributed by atoms with van der Waals surface area (Å²) in [5.74, 6) is -0.626. The van der Waals surface area contributed by atoms with Crippen molar-refractivity contribution in [1.82, 2.24) is 4.57 Å². The van der Waals surface area contributed by atoms with Crippen molar-refractivity contribution in [3.05, 3.63) is 67.3 Å². The van der Waals surface area contributed by atoms with Crippen molar-refractivity contribution in [2.24, 2.45) is 0 Å². The highest BCUT2D eigenvalue weighted by Crippen LogP contribution is 2.22. The number of nitrogens with one attached hydrogen (secondary N) is 2. The SMILES string of the molecule is O=C(Cn1cc[n+](CC(=O)Nc2ccccc2O)c1)Nc1ccccc1O. The van der Waals surface area contributed by atoms with Gasteiger partial charge in [-0.15, -0.1) is 0 Å². The van der Waals surface area contributed by atoms with Gasteiger partial charge in [-0.3, -0.25) is 9.59 Å². The van der Waals surface area contributed by atoms with Crippen LogP contribution in [-0.2, 0) is 22.7 Å². The molecular weight excluding hydrogens is 348 g/mol. The smallest absolute Gasteiger partial charge is 0.266 e. The number of anilines is 2. The Hall–Kier alpha value is -3.81. The zero-order valence-corrected chi connectivity index (χ0v) is 14.4. The van der Waals surface area contributed by atoms with E-state index in [1.807, 2.05) is 0 Å². The molecular formula is C19H19N4O4+. The van der Waals surface area contributed by atoms with Gasteiger partial charge in [0.2, 0.25) is 6.33 Å². The van der Waals surface area contributed by atoms with Gasteiger partial charge in [0.15, 0.2) is 13.1 Å². The van der Waals surface area contributed by atoms with Crippen molar-refractivity contribution < 1.29 is 24.4 Å². The molecule has 0 saturated carbocycles. The van der Waals surface area contributed by atoms with E-state index in [1.54, 1.807) is 64.3 Å². The molecule has 2 aromatic carbocycles. The molecule has 8 heteroatoms. The molecule has 0 fully saturated rings. The average molecular weight is 367 g/mol. The molecule has 138 valence electrons. The van der Waals surface area contributed by atoms with Gasteiger partial charge in [0, 0.05) is 0 Å². The second-order valence-electron chi connectivity index (χ2n) is 5.89. The van der Waals surface area contributed by atoms with Crippen LogP contribution in [-0.4, -0.2) is 26.6 Å². The van der Waals surface area contributed by atoms with Gasteiger partial charge in [-0.2, -0.15) is 0 Å². The first-order valence-electron chi connectivity index (χ1n) is 8.22. The number of carbonyl (C=O) groups excluding carboxylic acids is 2. The fourth-order valence-electron chi connectivity index (χ4n) is 2.50. The van der Waals surface area contributed by atoms with Crippen LogP contribution in [0.5, 0.6) is 11.5 Å². The summed E-state index contributed by atoms with van der Waals surface area (Å²) in [6, 6.07) is 12.9. The monoisotopic (exact) mass is 367 g/mol. The van der Waals surface area contributed by atoms with Crippen LogP contribution in [0, 0.1) is 0 Å². The van der Waals surface area contributed by atoms with E-state index in [9.17, 15) is 19.8 Å². The standard InChI is InChI=1S/C19H18N4O4/c24-16-7-3-1-5-14(16)20-18(26)11-22-9-10-23(13-22)12-19(27)21-15-6-2-4-8-17(15)25/h1-10,13H,11-12H2,(H3-,20,21,24,25,26,27)/p+1. The fraction of sp³-hybridized carbons (Fsp3) is 0.105. The van der Waals surface area contributed by atoms with Crippen molar-refractivity contribution in [3.8, 4) is 11.5 Å². The number of aromatic nitrogens is 2. The number of carbonyl (C=O) groups is 2. The summed E-state index contributed by atoms with van der Waals surface area (Å²) in [5.41, 5.74) is 0.675. The van der Waals surface area contributed by atoms with Crippen LogP contribution in [0.25, 0.3) is 0 Å². The third-order valence-corrected chi connectivity index (χ3v) is 3.75. The van der Waals surface area contributed by atoms with Gasteiger partial charge in [0.05, 0.1) is 11.4 Å². The number of hydrogen-bond donors (Lipinski definition) is 4. The molecule has 27 heavy (non-hydrogen) atoms. The molecule has 0 atom stereocenters. The molecule has 1 heterocycles. The third kappa shape index (κ3) is 4.85. The van der Waals surface area contributed by atoms with Gasteiger partial charge in [-0.25, -0.2) is 9.13 Å². The lowest BCUT2D eigenvalue weighted by Crippen LogP contribution is -2.38. The van der Waals surface area contributed by atoms with Crippen molar-refractivity contribution in [3.63, 3.8) is 0 Å². The number of hydrogen-bond acceptors (Lipinski definition) is 4. The number of rotatable bonds is 6. The second kappa shape index (κ2) is 8.05. The van der Waals surface area contributed by atoms with Crippen LogP contribution in [0.3, 0.4) is 0 Å². The topological polar surface area (TPSA) is 107 Å². The summed E-state index contributed by atoms with van der Waals surface area (Å²) in [6.45, 7) is 0.0604. The highest BCUT2D eigenvalue weighted by Gasteiger charge is 2.14. The van der Waals surface area contributed by atoms with Crippen molar-refractivity contribution in [1.29, 1.82) is 0 Å². The maximum absolute atomic E-state index is 12.1. The summed E-state index contributed by atoms with van der Waals surface area (Å²) >= 11 is 0. The third-order valence-electron chi connectivity index (χ3n) is 3.75. The van der Waals surface area contributed by atoms with Gasteiger partial charge in [0.1, 0.15) is 23.9 Å². The predicted molar refractivity (Wildman–Crippen MR) is 98.1 cm³/mol. The van der Waals surface area contributed by atoms with Gasteiger partial charge in [0.25, 0.3) is 11.8 Å². The van der Waals surface area contributed by atoms with E-state index in [1.165, 1.54) is 12.1 Å². The highest BCUT2D eigenvalue weighted by molar-refractivity contribution is 5.92. The molecule has 8 nitrogen and oxygen atoms in total. The maximum Gasteiger partial charge on any atom is 0.266 e. The number of imidazole rings is 1. The molecule has 0 aliphatic rings. The number of aromatic hydroxyl groups is 2. The van der Waals surface area contributed by atoms with Gasteiger partial charge >= 0.3 is 0 Å². The average Bonchev–Trinajstić information content (AvgIpc) is 3.05. The quantitative estimate of drug-likeness (QED) is 0.391. The van der Waals surface area contributed by atoms with Crippen LogP contribution < -0.4 is 15.2 Å². The van der Waals surface area contributed by atoms with E-state index in [2.05, 4.69) is 10.6 Å². The van der Waals surface area contributed by atoms with E-state index in [-0.39, 0.29) is 36.4 Å². The van der Waals surface area contributed by atoms with E-state index >= 15 is 0 Å². The van der Waals surface area contributed by atoms with Crippen LogP contribution in [0.15, 0.2) is 67.3 Å². The molecule has 2 amide bonds. The molecule has 0 bridgehead atoms. The number of phenols is 2. The molecule has 0 spiro atoms. The Balaban J connectivity index is 1.55. The molecule has 0 unspecified atom stereocenters. The molecule has 0 aliphatic carbocycles. The second-order valence-corrected chi connectivity index (χ2v) is 5.89. The van der Waals surface area contributed by atoms with Gasteiger partial charge in [-0.1, -0.05) is 24.3 Å². The van der Waals surface area contributed by atoms with Crippen LogP contribution >= 0.6 is 0 Å². The minimum Gasteiger partial charge on any atom is -0.506 e. The normalized spacial score (nSPS) is 10.4. The first-order chi connectivity index (χ1) is 13.0. The van der Waals surface area contributed by atoms with E-state index < -0.39 is 0 Å². The molecule has 0 aliphatic heterocycles.